The van der Waals surface area contributed by atoms with Crippen LogP contribution in [0.2, 0.25) is 5.02 Å². The Labute approximate surface area is 307 Å². The van der Waals surface area contributed by atoms with E-state index in [-0.39, 0.29) is 58.3 Å². The van der Waals surface area contributed by atoms with E-state index in [9.17, 15) is 22.8 Å². The summed E-state index contributed by atoms with van der Waals surface area (Å²) < 4.78 is 47.5. The summed E-state index contributed by atoms with van der Waals surface area (Å²) in [6.07, 6.45) is -1.56. The van der Waals surface area contributed by atoms with Crippen LogP contribution in [0.3, 0.4) is 0 Å². The summed E-state index contributed by atoms with van der Waals surface area (Å²) in [5.41, 5.74) is 6.27. The first-order valence-corrected chi connectivity index (χ1v) is 16.5. The molecule has 1 aliphatic carbocycles. The maximum absolute atomic E-state index is 14.5. The minimum atomic E-state index is -4.69. The Morgan fingerprint density at radius 3 is 2.40 bits per heavy atom. The van der Waals surface area contributed by atoms with Crippen molar-refractivity contribution in [3.8, 4) is 22.5 Å². The number of hydrogen-bond donors (Lipinski definition) is 3. The topological polar surface area (TPSA) is 156 Å². The van der Waals surface area contributed by atoms with Gasteiger partial charge in [0, 0.05) is 29.4 Å². The summed E-state index contributed by atoms with van der Waals surface area (Å²) in [7, 11) is 17.7. The van der Waals surface area contributed by atoms with Gasteiger partial charge in [0.15, 0.2) is 11.8 Å². The molecule has 2 aromatic carbocycles. The van der Waals surface area contributed by atoms with Crippen LogP contribution in [0.4, 0.5) is 18.0 Å². The predicted octanol–water partition coefficient (Wildman–Crippen LogP) is 4.82. The monoisotopic (exact) mass is 729 g/mol. The van der Waals surface area contributed by atoms with Gasteiger partial charge in [0.2, 0.25) is 0 Å². The molecule has 0 spiro atoms. The SMILES string of the molecule is [B]C([B])([B])n1ncnc1-c1cc([C@@H](COC(=O)NC2(C(F)(F)F)CC2)N(C(=O)c2ccc(-c3cn[nH]c3)cc2)C(N)=NCCC(C)(C)C)ccc1Cl. The van der Waals surface area contributed by atoms with Crippen molar-refractivity contribution in [2.75, 3.05) is 13.2 Å². The van der Waals surface area contributed by atoms with Gasteiger partial charge in [-0.1, -0.05) is 50.6 Å². The summed E-state index contributed by atoms with van der Waals surface area (Å²) in [6.45, 7) is 5.61. The number of guanidine groups is 1. The fourth-order valence-corrected chi connectivity index (χ4v) is 5.48. The molecule has 0 saturated heterocycles. The summed E-state index contributed by atoms with van der Waals surface area (Å²) in [4.78, 5) is 37.2. The highest BCUT2D eigenvalue weighted by Gasteiger charge is 2.64. The zero-order chi connectivity index (χ0) is 38.1. The molecule has 1 atom stereocenters. The van der Waals surface area contributed by atoms with Gasteiger partial charge in [-0.3, -0.25) is 24.5 Å². The maximum atomic E-state index is 14.5. The normalized spacial score (nSPS) is 15.2. The average molecular weight is 730 g/mol. The van der Waals surface area contributed by atoms with Crippen molar-refractivity contribution in [2.45, 2.75) is 63.0 Å². The third-order valence-electron chi connectivity index (χ3n) is 8.41. The number of benzene rings is 2. The molecule has 2 heterocycles. The summed E-state index contributed by atoms with van der Waals surface area (Å²) in [6, 6.07) is 9.80. The minimum absolute atomic E-state index is 0.0529. The molecule has 5 rings (SSSR count). The quantitative estimate of drug-likeness (QED) is 0.114. The second-order valence-electron chi connectivity index (χ2n) is 13.7. The Morgan fingerprint density at radius 2 is 1.83 bits per heavy atom. The van der Waals surface area contributed by atoms with Gasteiger partial charge in [-0.25, -0.2) is 9.78 Å². The molecule has 1 aliphatic rings. The molecule has 6 radical (unpaired) electrons. The number of hydrogen-bond acceptors (Lipinski definition) is 7. The van der Waals surface area contributed by atoms with E-state index in [1.807, 2.05) is 26.1 Å². The van der Waals surface area contributed by atoms with E-state index in [0.717, 1.165) is 27.0 Å². The Kier molecular flexibility index (Phi) is 10.9. The smallest absolute Gasteiger partial charge is 0.411 e. The largest absolute Gasteiger partial charge is 0.447 e. The van der Waals surface area contributed by atoms with Crippen LogP contribution in [-0.4, -0.2) is 96.2 Å². The second kappa shape index (κ2) is 14.7. The molecule has 12 nitrogen and oxygen atoms in total. The number of alkyl halides is 3. The third-order valence-corrected chi connectivity index (χ3v) is 8.74. The number of carbonyl (C=O) groups is 2. The van der Waals surface area contributed by atoms with Crippen LogP contribution in [0.5, 0.6) is 0 Å². The molecular formula is C33H34B3ClF3N9O3. The van der Waals surface area contributed by atoms with Crippen molar-refractivity contribution < 1.29 is 27.5 Å². The molecule has 0 bridgehead atoms. The van der Waals surface area contributed by atoms with Crippen molar-refractivity contribution in [1.82, 2.24) is 35.2 Å². The van der Waals surface area contributed by atoms with Crippen LogP contribution in [0.1, 0.15) is 62.0 Å². The first-order chi connectivity index (χ1) is 24.3. The van der Waals surface area contributed by atoms with Gasteiger partial charge >= 0.3 is 12.3 Å². The lowest BCUT2D eigenvalue weighted by Gasteiger charge is -2.32. The summed E-state index contributed by atoms with van der Waals surface area (Å²) in [5, 5.41) is 10.8. The highest BCUT2D eigenvalue weighted by atomic mass is 35.5. The van der Waals surface area contributed by atoms with Crippen LogP contribution in [0.15, 0.2) is 66.2 Å². The molecule has 4 N–H and O–H groups in total. The lowest BCUT2D eigenvalue weighted by Crippen LogP contribution is -2.49. The van der Waals surface area contributed by atoms with Crippen molar-refractivity contribution in [2.24, 2.45) is 16.1 Å². The van der Waals surface area contributed by atoms with Gasteiger partial charge in [0.1, 0.15) is 18.5 Å². The number of aliphatic imine (C=N–C) groups is 1. The van der Waals surface area contributed by atoms with Crippen LogP contribution in [0, 0.1) is 5.41 Å². The molecule has 1 saturated carbocycles. The number of ether oxygens (including phenoxy) is 1. The van der Waals surface area contributed by atoms with E-state index in [0.29, 0.717) is 6.42 Å². The van der Waals surface area contributed by atoms with Gasteiger partial charge in [-0.2, -0.15) is 23.4 Å². The Morgan fingerprint density at radius 1 is 1.13 bits per heavy atom. The van der Waals surface area contributed by atoms with Gasteiger partial charge in [-0.05, 0) is 65.3 Å². The number of H-pyrrole nitrogens is 1. The molecule has 4 aromatic rings. The Balaban J connectivity index is 1.59. The molecule has 266 valence electrons. The average Bonchev–Trinajstić information content (AvgIpc) is 3.43. The first-order valence-electron chi connectivity index (χ1n) is 16.1. The summed E-state index contributed by atoms with van der Waals surface area (Å²) in [5.74, 6) is -0.832. The molecular weight excluding hydrogens is 695 g/mol. The van der Waals surface area contributed by atoms with E-state index >= 15 is 0 Å². The summed E-state index contributed by atoms with van der Waals surface area (Å²) >= 11 is 6.59. The molecule has 52 heavy (non-hydrogen) atoms. The fraction of sp³-hybridized carbons (Fsp3) is 0.394. The number of aromatic amines is 1. The molecule has 2 aromatic heterocycles. The molecule has 1 fully saturated rings. The fourth-order valence-electron chi connectivity index (χ4n) is 5.28. The molecule has 2 amide bonds. The number of rotatable bonds is 11. The first kappa shape index (κ1) is 38.5. The number of nitrogens with one attached hydrogen (secondary N) is 2. The molecule has 0 unspecified atom stereocenters. The zero-order valence-electron chi connectivity index (χ0n) is 28.6. The highest BCUT2D eigenvalue weighted by molar-refractivity contribution is 6.56. The van der Waals surface area contributed by atoms with Crippen molar-refractivity contribution >= 4 is 53.1 Å². The van der Waals surface area contributed by atoms with Gasteiger partial charge in [0.25, 0.3) is 5.91 Å². The van der Waals surface area contributed by atoms with Gasteiger partial charge < -0.3 is 15.8 Å². The van der Waals surface area contributed by atoms with Crippen LogP contribution >= 0.6 is 11.6 Å². The van der Waals surface area contributed by atoms with E-state index in [1.54, 1.807) is 36.7 Å². The standard InChI is InChI=1S/C33H34B3ClF3N9O3/c1-30(2,3)12-13-42-28(41)48(27(50)20-6-4-19(5-7-20)22-15-44-45-16-22)25(17-52-29(51)47-31(10-11-31)32(38,39)40)21-8-9-24(37)23(14-21)26-43-18-46-49(26)33(34,35)36/h4-9,14-16,18,25H,10-13,17H2,1-3H3,(H2,41,42)(H,44,45)(H,47,51)/t25-/m1/s1. The number of halogens is 4. The van der Waals surface area contributed by atoms with Crippen molar-refractivity contribution in [1.29, 1.82) is 0 Å². The van der Waals surface area contributed by atoms with Crippen molar-refractivity contribution in [3.63, 3.8) is 0 Å². The Hall–Kier alpha value is -4.73. The van der Waals surface area contributed by atoms with Gasteiger partial charge in [0.05, 0.1) is 40.8 Å². The lowest BCUT2D eigenvalue weighted by molar-refractivity contribution is -0.164. The van der Waals surface area contributed by atoms with Crippen LogP contribution in [-0.2, 0) is 9.97 Å². The van der Waals surface area contributed by atoms with Crippen molar-refractivity contribution in [3.05, 3.63) is 77.3 Å². The number of alkyl carbamates (subject to hydrolysis) is 1. The number of nitrogens with two attached hydrogens (primary N) is 1. The predicted molar refractivity (Wildman–Crippen MR) is 192 cm³/mol. The van der Waals surface area contributed by atoms with E-state index in [4.69, 9.17) is 45.6 Å². The van der Waals surface area contributed by atoms with Crippen LogP contribution in [0.25, 0.3) is 22.5 Å². The van der Waals surface area contributed by atoms with E-state index in [1.165, 1.54) is 18.2 Å². The van der Waals surface area contributed by atoms with E-state index in [2.05, 4.69) is 25.3 Å². The molecule has 0 aliphatic heterocycles. The van der Waals surface area contributed by atoms with E-state index < -0.39 is 41.6 Å². The Bertz CT molecular complexity index is 1920. The zero-order valence-corrected chi connectivity index (χ0v) is 29.4. The number of amides is 2. The van der Waals surface area contributed by atoms with Crippen LogP contribution < -0.4 is 11.1 Å². The third kappa shape index (κ3) is 8.83. The number of carbonyl (C=O) groups excluding carboxylic acids is 2. The number of aromatic nitrogens is 5. The van der Waals surface area contributed by atoms with Gasteiger partial charge in [-0.15, -0.1) is 0 Å². The molecule has 19 heteroatoms. The highest BCUT2D eigenvalue weighted by Crippen LogP contribution is 2.49. The lowest BCUT2D eigenvalue weighted by atomic mass is 9.49. The second-order valence-corrected chi connectivity index (χ2v) is 14.1. The number of nitrogens with zero attached hydrogens (tertiary/aromatic N) is 6. The minimum Gasteiger partial charge on any atom is -0.447 e. The maximum Gasteiger partial charge on any atom is 0.411 e.